The monoisotopic (exact) mass is 316 g/mol. The van der Waals surface area contributed by atoms with E-state index in [2.05, 4.69) is 0 Å². The van der Waals surface area contributed by atoms with Crippen molar-refractivity contribution < 1.29 is 19.5 Å². The Bertz CT molecular complexity index is 643. The Hall–Kier alpha value is -2.37. The van der Waals surface area contributed by atoms with Gasteiger partial charge in [0.2, 0.25) is 11.8 Å². The molecule has 1 aromatic rings. The van der Waals surface area contributed by atoms with Crippen LogP contribution in [0.5, 0.6) is 0 Å². The second-order valence-corrected chi connectivity index (χ2v) is 6.09. The Balaban J connectivity index is 1.61. The van der Waals surface area contributed by atoms with Crippen LogP contribution in [0.3, 0.4) is 0 Å². The van der Waals surface area contributed by atoms with Gasteiger partial charge in [-0.1, -0.05) is 18.2 Å². The number of benzene rings is 1. The molecule has 1 N–H and O–H groups in total. The minimum absolute atomic E-state index is 0.0429. The lowest BCUT2D eigenvalue weighted by Crippen LogP contribution is -2.39. The quantitative estimate of drug-likeness (QED) is 0.908. The third kappa shape index (κ3) is 3.21. The number of aryl methyl sites for hydroxylation is 1. The van der Waals surface area contributed by atoms with Crippen molar-refractivity contribution in [1.82, 2.24) is 4.90 Å². The normalized spacial score (nSPS) is 20.5. The zero-order chi connectivity index (χ0) is 16.4. The van der Waals surface area contributed by atoms with Crippen molar-refractivity contribution in [3.8, 4) is 0 Å². The molecule has 1 atom stereocenters. The molecule has 1 saturated heterocycles. The van der Waals surface area contributed by atoms with E-state index < -0.39 is 11.9 Å². The first-order chi connectivity index (χ1) is 11.1. The molecule has 1 fully saturated rings. The fourth-order valence-electron chi connectivity index (χ4n) is 3.30. The summed E-state index contributed by atoms with van der Waals surface area (Å²) in [5, 5.41) is 9.00. The Kier molecular flexibility index (Phi) is 4.32. The molecule has 122 valence electrons. The number of para-hydroxylation sites is 1. The smallest absolute Gasteiger partial charge is 0.308 e. The van der Waals surface area contributed by atoms with Gasteiger partial charge in [-0.05, 0) is 24.5 Å². The molecular weight excluding hydrogens is 296 g/mol. The lowest BCUT2D eigenvalue weighted by atomic mass is 10.0. The van der Waals surface area contributed by atoms with Gasteiger partial charge in [0.05, 0.1) is 5.92 Å². The van der Waals surface area contributed by atoms with Crippen LogP contribution in [0.25, 0.3) is 0 Å². The maximum atomic E-state index is 12.3. The molecule has 2 heterocycles. The van der Waals surface area contributed by atoms with E-state index in [4.69, 9.17) is 5.11 Å². The first-order valence-corrected chi connectivity index (χ1v) is 7.95. The van der Waals surface area contributed by atoms with Gasteiger partial charge in [0.25, 0.3) is 0 Å². The van der Waals surface area contributed by atoms with Crippen LogP contribution >= 0.6 is 0 Å². The maximum absolute atomic E-state index is 12.3. The molecular formula is C17H20N2O4. The van der Waals surface area contributed by atoms with Crippen LogP contribution in [0, 0.1) is 5.92 Å². The van der Waals surface area contributed by atoms with Crippen LogP contribution in [-0.2, 0) is 20.8 Å². The summed E-state index contributed by atoms with van der Waals surface area (Å²) in [4.78, 5) is 38.7. The maximum Gasteiger partial charge on any atom is 0.308 e. The van der Waals surface area contributed by atoms with Gasteiger partial charge in [0, 0.05) is 38.2 Å². The average molecular weight is 316 g/mol. The molecule has 0 spiro atoms. The molecule has 2 amide bonds. The summed E-state index contributed by atoms with van der Waals surface area (Å²) in [6.45, 7) is 1.11. The molecule has 0 aliphatic carbocycles. The van der Waals surface area contributed by atoms with Gasteiger partial charge in [0.1, 0.15) is 0 Å². The third-order valence-corrected chi connectivity index (χ3v) is 4.63. The molecule has 3 rings (SSSR count). The molecule has 0 aromatic heterocycles. The number of nitrogens with zero attached hydrogens (tertiary/aromatic N) is 2. The minimum atomic E-state index is -0.847. The molecule has 0 unspecified atom stereocenters. The van der Waals surface area contributed by atoms with Gasteiger partial charge in [-0.15, -0.1) is 0 Å². The van der Waals surface area contributed by atoms with E-state index in [0.29, 0.717) is 25.9 Å². The number of amides is 2. The molecule has 2 aliphatic heterocycles. The summed E-state index contributed by atoms with van der Waals surface area (Å²) < 4.78 is 0. The lowest BCUT2D eigenvalue weighted by molar-refractivity contribution is -0.141. The van der Waals surface area contributed by atoms with E-state index in [9.17, 15) is 14.4 Å². The topological polar surface area (TPSA) is 77.9 Å². The van der Waals surface area contributed by atoms with Gasteiger partial charge in [-0.3, -0.25) is 14.4 Å². The molecule has 0 saturated carbocycles. The fourth-order valence-corrected chi connectivity index (χ4v) is 3.30. The highest BCUT2D eigenvalue weighted by atomic mass is 16.4. The van der Waals surface area contributed by atoms with Gasteiger partial charge in [0.15, 0.2) is 0 Å². The van der Waals surface area contributed by atoms with Crippen LogP contribution < -0.4 is 4.90 Å². The number of anilines is 1. The SMILES string of the molecule is O=C(O)[C@H]1CCN(C(=O)CCN2C(=O)CCc3ccccc32)C1. The molecule has 23 heavy (non-hydrogen) atoms. The summed E-state index contributed by atoms with van der Waals surface area (Å²) in [7, 11) is 0. The van der Waals surface area contributed by atoms with Crippen LogP contribution in [0.4, 0.5) is 5.69 Å². The van der Waals surface area contributed by atoms with Gasteiger partial charge < -0.3 is 14.9 Å². The largest absolute Gasteiger partial charge is 0.481 e. The zero-order valence-corrected chi connectivity index (χ0v) is 12.9. The van der Waals surface area contributed by atoms with Gasteiger partial charge >= 0.3 is 5.97 Å². The Morgan fingerprint density at radius 3 is 2.74 bits per heavy atom. The summed E-state index contributed by atoms with van der Waals surface area (Å²) in [5.74, 6) is -1.34. The molecule has 6 heteroatoms. The van der Waals surface area contributed by atoms with E-state index in [0.717, 1.165) is 17.7 Å². The van der Waals surface area contributed by atoms with Crippen LogP contribution in [0.1, 0.15) is 24.8 Å². The predicted molar refractivity (Wildman–Crippen MR) is 84.1 cm³/mol. The number of carbonyl (C=O) groups excluding carboxylic acids is 2. The first-order valence-electron chi connectivity index (χ1n) is 7.95. The highest BCUT2D eigenvalue weighted by molar-refractivity contribution is 5.97. The predicted octanol–water partition coefficient (Wildman–Crippen LogP) is 1.29. The van der Waals surface area contributed by atoms with Crippen molar-refractivity contribution in [2.75, 3.05) is 24.5 Å². The highest BCUT2D eigenvalue weighted by Gasteiger charge is 2.31. The van der Waals surface area contributed by atoms with E-state index in [1.165, 1.54) is 0 Å². The van der Waals surface area contributed by atoms with E-state index in [-0.39, 0.29) is 24.8 Å². The van der Waals surface area contributed by atoms with Gasteiger partial charge in [-0.25, -0.2) is 0 Å². The van der Waals surface area contributed by atoms with Crippen molar-refractivity contribution in [2.24, 2.45) is 5.92 Å². The molecule has 1 aromatic carbocycles. The third-order valence-electron chi connectivity index (χ3n) is 4.63. The molecule has 6 nitrogen and oxygen atoms in total. The van der Waals surface area contributed by atoms with Gasteiger partial charge in [-0.2, -0.15) is 0 Å². The lowest BCUT2D eigenvalue weighted by Gasteiger charge is -2.29. The fraction of sp³-hybridized carbons (Fsp3) is 0.471. The summed E-state index contributed by atoms with van der Waals surface area (Å²) in [6.07, 6.45) is 1.95. The van der Waals surface area contributed by atoms with Crippen LogP contribution in [0.15, 0.2) is 24.3 Å². The highest BCUT2D eigenvalue weighted by Crippen LogP contribution is 2.27. The zero-order valence-electron chi connectivity index (χ0n) is 12.9. The Labute approximate surface area is 134 Å². The van der Waals surface area contributed by atoms with Crippen LogP contribution in [0.2, 0.25) is 0 Å². The van der Waals surface area contributed by atoms with E-state index in [1.807, 2.05) is 24.3 Å². The summed E-state index contributed by atoms with van der Waals surface area (Å²) >= 11 is 0. The van der Waals surface area contributed by atoms with E-state index in [1.54, 1.807) is 9.80 Å². The number of fused-ring (bicyclic) bond motifs is 1. The first kappa shape index (κ1) is 15.5. The summed E-state index contributed by atoms with van der Waals surface area (Å²) in [5.41, 5.74) is 2.02. The number of hydrogen-bond acceptors (Lipinski definition) is 3. The second-order valence-electron chi connectivity index (χ2n) is 6.09. The van der Waals surface area contributed by atoms with Crippen molar-refractivity contribution in [3.63, 3.8) is 0 Å². The van der Waals surface area contributed by atoms with Crippen molar-refractivity contribution in [2.45, 2.75) is 25.7 Å². The number of rotatable bonds is 4. The molecule has 2 aliphatic rings. The number of likely N-dealkylation sites (tertiary alicyclic amines) is 1. The Morgan fingerprint density at radius 2 is 2.00 bits per heavy atom. The van der Waals surface area contributed by atoms with Crippen molar-refractivity contribution in [3.05, 3.63) is 29.8 Å². The standard InChI is InChI=1S/C17H20N2O4/c20-15(18-9-7-13(11-18)17(22)23)8-10-19-14-4-2-1-3-12(14)5-6-16(19)21/h1-4,13H,5-11H2,(H,22,23)/t13-/m0/s1. The average Bonchev–Trinajstić information content (AvgIpc) is 3.04. The molecule has 0 radical (unpaired) electrons. The van der Waals surface area contributed by atoms with E-state index >= 15 is 0 Å². The minimum Gasteiger partial charge on any atom is -0.481 e. The number of aliphatic carboxylic acids is 1. The number of hydrogen-bond donors (Lipinski definition) is 1. The number of carboxylic acid groups (broad SMARTS) is 1. The molecule has 0 bridgehead atoms. The van der Waals surface area contributed by atoms with Crippen molar-refractivity contribution >= 4 is 23.5 Å². The number of carboxylic acids is 1. The summed E-state index contributed by atoms with van der Waals surface area (Å²) in [6, 6.07) is 7.76. The number of carbonyl (C=O) groups is 3. The van der Waals surface area contributed by atoms with Crippen LogP contribution in [-0.4, -0.2) is 47.4 Å². The Morgan fingerprint density at radius 1 is 1.22 bits per heavy atom. The second kappa shape index (κ2) is 6.40. The van der Waals surface area contributed by atoms with Crippen molar-refractivity contribution in [1.29, 1.82) is 0 Å².